The number of amides is 1. The van der Waals surface area contributed by atoms with Crippen LogP contribution in [0.4, 0.5) is 0 Å². The van der Waals surface area contributed by atoms with Gasteiger partial charge in [-0.25, -0.2) is 8.42 Å². The number of hydrogen-bond donors (Lipinski definition) is 2. The van der Waals surface area contributed by atoms with Crippen LogP contribution in [0, 0.1) is 6.92 Å². The lowest BCUT2D eigenvalue weighted by Gasteiger charge is -2.14. The van der Waals surface area contributed by atoms with Gasteiger partial charge in [-0.15, -0.1) is 0 Å². The lowest BCUT2D eigenvalue weighted by Crippen LogP contribution is -3.08. The Bertz CT molecular complexity index is 818. The van der Waals surface area contributed by atoms with Gasteiger partial charge in [0.2, 0.25) is 5.91 Å². The first-order chi connectivity index (χ1) is 12.8. The van der Waals surface area contributed by atoms with Gasteiger partial charge in [-0.1, -0.05) is 60.2 Å². The van der Waals surface area contributed by atoms with Crippen LogP contribution in [0.3, 0.4) is 0 Å². The van der Waals surface area contributed by atoms with Gasteiger partial charge in [0.15, 0.2) is 9.84 Å². The molecule has 0 aromatic heterocycles. The van der Waals surface area contributed by atoms with E-state index in [0.717, 1.165) is 24.2 Å². The fraction of sp³-hybridized carbons (Fsp3) is 0.381. The van der Waals surface area contributed by atoms with Crippen LogP contribution in [0.2, 0.25) is 0 Å². The maximum Gasteiger partial charge on any atom is 0.221 e. The Morgan fingerprint density at radius 2 is 1.67 bits per heavy atom. The molecule has 2 aromatic rings. The van der Waals surface area contributed by atoms with E-state index in [0.29, 0.717) is 6.54 Å². The Labute approximate surface area is 162 Å². The molecule has 0 aliphatic rings. The Hall–Kier alpha value is -2.18. The van der Waals surface area contributed by atoms with Gasteiger partial charge in [0.25, 0.3) is 0 Å². The minimum Gasteiger partial charge on any atom is -0.350 e. The van der Waals surface area contributed by atoms with E-state index in [-0.39, 0.29) is 23.8 Å². The molecule has 2 aromatic carbocycles. The number of aryl methyl sites for hydroxylation is 1. The summed E-state index contributed by atoms with van der Waals surface area (Å²) in [6.07, 6.45) is 0.00588. The number of nitrogens with one attached hydrogen (secondary N) is 2. The quantitative estimate of drug-likeness (QED) is 0.640. The largest absolute Gasteiger partial charge is 0.350 e. The molecule has 0 fully saturated rings. The van der Waals surface area contributed by atoms with Crippen molar-refractivity contribution in [2.24, 2.45) is 0 Å². The van der Waals surface area contributed by atoms with E-state index in [1.165, 1.54) is 10.5 Å². The molecule has 1 amide bonds. The zero-order valence-electron chi connectivity index (χ0n) is 16.1. The third kappa shape index (κ3) is 8.37. The van der Waals surface area contributed by atoms with Crippen LogP contribution >= 0.6 is 0 Å². The molecule has 146 valence electrons. The van der Waals surface area contributed by atoms with Crippen molar-refractivity contribution in [2.75, 3.05) is 25.9 Å². The molecule has 0 aliphatic heterocycles. The fourth-order valence-electron chi connectivity index (χ4n) is 2.80. The van der Waals surface area contributed by atoms with Gasteiger partial charge >= 0.3 is 0 Å². The first-order valence-corrected chi connectivity index (χ1v) is 11.0. The number of rotatable bonds is 10. The van der Waals surface area contributed by atoms with Crippen molar-refractivity contribution in [3.05, 3.63) is 71.3 Å². The second kappa shape index (κ2) is 10.2. The number of likely N-dealkylation sites (N-methyl/N-ethyl adjacent to an activating group) is 1. The van der Waals surface area contributed by atoms with Crippen molar-refractivity contribution in [1.82, 2.24) is 5.32 Å². The van der Waals surface area contributed by atoms with Crippen molar-refractivity contribution in [1.29, 1.82) is 0 Å². The van der Waals surface area contributed by atoms with E-state index in [2.05, 4.69) is 24.5 Å². The summed E-state index contributed by atoms with van der Waals surface area (Å²) in [5.41, 5.74) is 3.10. The van der Waals surface area contributed by atoms with E-state index in [4.69, 9.17) is 0 Å². The van der Waals surface area contributed by atoms with Gasteiger partial charge in [0, 0.05) is 12.0 Å². The summed E-state index contributed by atoms with van der Waals surface area (Å²) in [5, 5.41) is 2.82. The molecule has 0 aliphatic carbocycles. The monoisotopic (exact) mass is 389 g/mol. The van der Waals surface area contributed by atoms with Gasteiger partial charge in [-0.3, -0.25) is 4.79 Å². The predicted molar refractivity (Wildman–Crippen MR) is 108 cm³/mol. The summed E-state index contributed by atoms with van der Waals surface area (Å²) >= 11 is 0. The van der Waals surface area contributed by atoms with Crippen molar-refractivity contribution in [3.63, 3.8) is 0 Å². The number of carbonyl (C=O) groups excluding carboxylic acids is 1. The highest BCUT2D eigenvalue weighted by Crippen LogP contribution is 2.09. The second-order valence-electron chi connectivity index (χ2n) is 7.05. The third-order valence-electron chi connectivity index (χ3n) is 4.37. The van der Waals surface area contributed by atoms with E-state index in [9.17, 15) is 13.2 Å². The Kier molecular flexibility index (Phi) is 8.00. The number of sulfone groups is 1. The second-order valence-corrected chi connectivity index (χ2v) is 9.23. The van der Waals surface area contributed by atoms with Crippen LogP contribution in [0.5, 0.6) is 0 Å². The van der Waals surface area contributed by atoms with Crippen molar-refractivity contribution in [3.8, 4) is 0 Å². The normalized spacial score (nSPS) is 12.5. The van der Waals surface area contributed by atoms with E-state index < -0.39 is 9.84 Å². The van der Waals surface area contributed by atoms with Crippen LogP contribution in [-0.4, -0.2) is 40.2 Å². The summed E-state index contributed by atoms with van der Waals surface area (Å²) in [4.78, 5) is 13.2. The van der Waals surface area contributed by atoms with Gasteiger partial charge < -0.3 is 10.2 Å². The van der Waals surface area contributed by atoms with E-state index >= 15 is 0 Å². The molecule has 1 unspecified atom stereocenters. The first kappa shape index (κ1) is 21.1. The smallest absolute Gasteiger partial charge is 0.221 e. The molecular weight excluding hydrogens is 360 g/mol. The molecular formula is C21H29N2O3S+. The predicted octanol–water partition coefficient (Wildman–Crippen LogP) is 1.13. The number of benzene rings is 2. The summed E-state index contributed by atoms with van der Waals surface area (Å²) < 4.78 is 24.4. The van der Waals surface area contributed by atoms with Crippen LogP contribution in [0.15, 0.2) is 54.6 Å². The third-order valence-corrected chi connectivity index (χ3v) is 5.97. The molecule has 0 saturated heterocycles. The van der Waals surface area contributed by atoms with Crippen LogP contribution < -0.4 is 10.2 Å². The summed E-state index contributed by atoms with van der Waals surface area (Å²) in [7, 11) is -1.22. The van der Waals surface area contributed by atoms with Gasteiger partial charge in [0.1, 0.15) is 6.54 Å². The lowest BCUT2D eigenvalue weighted by molar-refractivity contribution is -0.892. The van der Waals surface area contributed by atoms with Crippen LogP contribution in [-0.2, 0) is 26.9 Å². The lowest BCUT2D eigenvalue weighted by atomic mass is 10.2. The van der Waals surface area contributed by atoms with Gasteiger partial charge in [0.05, 0.1) is 31.6 Å². The van der Waals surface area contributed by atoms with Crippen molar-refractivity contribution in [2.45, 2.75) is 25.6 Å². The average molecular weight is 390 g/mol. The Balaban J connectivity index is 1.67. The number of quaternary nitrogens is 1. The number of hydrogen-bond acceptors (Lipinski definition) is 3. The maximum atomic E-state index is 12.2. The molecule has 2 N–H and O–H groups in total. The molecule has 1 atom stereocenters. The molecule has 5 nitrogen and oxygen atoms in total. The molecule has 0 heterocycles. The number of carbonyl (C=O) groups is 1. The molecule has 0 spiro atoms. The Morgan fingerprint density at radius 3 is 2.33 bits per heavy atom. The standard InChI is InChI=1S/C21H28N2O3S/c1-18-8-10-20(11-9-18)17-27(25,26)15-12-21(24)22-13-14-23(2)16-19-6-4-3-5-7-19/h3-11H,12-17H2,1-2H3,(H,22,24)/p+1. The molecule has 27 heavy (non-hydrogen) atoms. The van der Waals surface area contributed by atoms with Gasteiger partial charge in [-0.05, 0) is 12.5 Å². The molecule has 0 bridgehead atoms. The Morgan fingerprint density at radius 1 is 1.00 bits per heavy atom. The van der Waals surface area contributed by atoms with Crippen LogP contribution in [0.1, 0.15) is 23.1 Å². The zero-order valence-corrected chi connectivity index (χ0v) is 16.9. The summed E-state index contributed by atoms with van der Waals surface area (Å²) in [6, 6.07) is 17.6. The minimum atomic E-state index is -3.29. The summed E-state index contributed by atoms with van der Waals surface area (Å²) in [5.74, 6) is -0.362. The average Bonchev–Trinajstić information content (AvgIpc) is 2.63. The highest BCUT2D eigenvalue weighted by Gasteiger charge is 2.15. The zero-order chi connectivity index (χ0) is 19.7. The van der Waals surface area contributed by atoms with Crippen LogP contribution in [0.25, 0.3) is 0 Å². The maximum absolute atomic E-state index is 12.2. The SMILES string of the molecule is Cc1ccc(CS(=O)(=O)CCC(=O)NCC[NH+](C)Cc2ccccc2)cc1. The van der Waals surface area contributed by atoms with E-state index in [1.54, 1.807) is 0 Å². The molecule has 6 heteroatoms. The summed E-state index contributed by atoms with van der Waals surface area (Å²) in [6.45, 7) is 4.18. The molecule has 2 rings (SSSR count). The van der Waals surface area contributed by atoms with E-state index in [1.807, 2.05) is 49.4 Å². The van der Waals surface area contributed by atoms with Gasteiger partial charge in [-0.2, -0.15) is 0 Å². The highest BCUT2D eigenvalue weighted by molar-refractivity contribution is 7.90. The molecule has 0 radical (unpaired) electrons. The van der Waals surface area contributed by atoms with Crippen molar-refractivity contribution < 1.29 is 18.1 Å². The first-order valence-electron chi connectivity index (χ1n) is 9.22. The highest BCUT2D eigenvalue weighted by atomic mass is 32.2. The molecule has 0 saturated carbocycles. The minimum absolute atomic E-state index is 0.00588. The topological polar surface area (TPSA) is 67.7 Å². The van der Waals surface area contributed by atoms with Crippen molar-refractivity contribution >= 4 is 15.7 Å². The fourth-order valence-corrected chi connectivity index (χ4v) is 4.14.